The molecular weight excluding hydrogens is 346 g/mol. The number of carbonyl (C=O) groups excluding carboxylic acids is 1. The Hall–Kier alpha value is -1.34. The maximum absolute atomic E-state index is 11.1. The second kappa shape index (κ2) is 5.21. The average molecular weight is 359 g/mol. The molecule has 106 valence electrons. The second-order valence-corrected chi connectivity index (χ2v) is 6.00. The number of aromatic nitrogens is 3. The van der Waals surface area contributed by atoms with Crippen LogP contribution in [0.3, 0.4) is 0 Å². The molecule has 1 amide bonds. The molecule has 1 N–H and O–H groups in total. The predicted octanol–water partition coefficient (Wildman–Crippen LogP) is 1.86. The summed E-state index contributed by atoms with van der Waals surface area (Å²) in [5.74, 6) is -0.00156. The third-order valence-corrected chi connectivity index (χ3v) is 4.04. The van der Waals surface area contributed by atoms with Crippen LogP contribution in [-0.4, -0.2) is 39.6 Å². The molecule has 3 heterocycles. The number of amides is 1. The Balaban J connectivity index is 1.93. The monoisotopic (exact) mass is 357 g/mol. The summed E-state index contributed by atoms with van der Waals surface area (Å²) in [5.41, 5.74) is 1.69. The van der Waals surface area contributed by atoms with E-state index >= 15 is 0 Å². The molecule has 6 nitrogen and oxygen atoms in total. The van der Waals surface area contributed by atoms with E-state index in [1.807, 2.05) is 6.07 Å². The molecule has 0 radical (unpaired) electrons. The van der Waals surface area contributed by atoms with E-state index < -0.39 is 0 Å². The van der Waals surface area contributed by atoms with E-state index in [1.165, 1.54) is 6.92 Å². The van der Waals surface area contributed by atoms with E-state index in [0.29, 0.717) is 5.15 Å². The van der Waals surface area contributed by atoms with Crippen LogP contribution in [0, 0.1) is 0 Å². The maximum Gasteiger partial charge on any atom is 0.217 e. The minimum Gasteiger partial charge on any atom is -0.366 e. The normalized spacial score (nSPS) is 18.8. The van der Waals surface area contributed by atoms with E-state index in [-0.39, 0.29) is 11.9 Å². The number of imidazole rings is 1. The van der Waals surface area contributed by atoms with Crippen molar-refractivity contribution in [2.75, 3.05) is 18.0 Å². The molecule has 1 aliphatic rings. The molecule has 1 fully saturated rings. The zero-order valence-electron chi connectivity index (χ0n) is 10.8. The predicted molar refractivity (Wildman–Crippen MR) is 80.1 cm³/mol. The van der Waals surface area contributed by atoms with Crippen molar-refractivity contribution in [1.29, 1.82) is 0 Å². The number of fused-ring (bicyclic) bond motifs is 1. The van der Waals surface area contributed by atoms with Crippen molar-refractivity contribution >= 4 is 44.8 Å². The van der Waals surface area contributed by atoms with Crippen LogP contribution in [0.2, 0.25) is 5.15 Å². The fourth-order valence-corrected chi connectivity index (χ4v) is 3.04. The molecule has 0 aliphatic carbocycles. The first-order chi connectivity index (χ1) is 9.54. The smallest absolute Gasteiger partial charge is 0.217 e. The Kier molecular flexibility index (Phi) is 3.55. The van der Waals surface area contributed by atoms with Gasteiger partial charge in [-0.05, 0) is 22.4 Å². The van der Waals surface area contributed by atoms with E-state index in [2.05, 4.69) is 36.2 Å². The Morgan fingerprint density at radius 3 is 3.15 bits per heavy atom. The van der Waals surface area contributed by atoms with Gasteiger partial charge in [0.05, 0.1) is 11.9 Å². The molecule has 1 unspecified atom stereocenters. The van der Waals surface area contributed by atoms with Gasteiger partial charge < -0.3 is 10.2 Å². The highest BCUT2D eigenvalue weighted by molar-refractivity contribution is 9.10. The molecule has 2 aromatic heterocycles. The standard InChI is InChI=1S/C12H13BrClN5O/c1-7(20)16-8-2-3-18(6-8)9-4-11(14)17-19-10(13)5-15-12(9)19/h4-5,8H,2-3,6H2,1H3,(H,16,20). The summed E-state index contributed by atoms with van der Waals surface area (Å²) >= 11 is 9.47. The third kappa shape index (κ3) is 2.47. The van der Waals surface area contributed by atoms with Gasteiger partial charge in [-0.2, -0.15) is 5.10 Å². The van der Waals surface area contributed by atoms with E-state index in [1.54, 1.807) is 10.7 Å². The molecule has 0 saturated carbocycles. The zero-order chi connectivity index (χ0) is 14.3. The summed E-state index contributed by atoms with van der Waals surface area (Å²) in [6.45, 7) is 3.14. The summed E-state index contributed by atoms with van der Waals surface area (Å²) in [7, 11) is 0. The molecule has 0 spiro atoms. The number of halogens is 2. The number of rotatable bonds is 2. The van der Waals surface area contributed by atoms with Crippen LogP contribution in [0.25, 0.3) is 5.65 Å². The van der Waals surface area contributed by atoms with E-state index in [9.17, 15) is 4.79 Å². The topological polar surface area (TPSA) is 62.5 Å². The van der Waals surface area contributed by atoms with Crippen molar-refractivity contribution in [2.45, 2.75) is 19.4 Å². The summed E-state index contributed by atoms with van der Waals surface area (Å²) in [4.78, 5) is 17.7. The number of nitrogens with one attached hydrogen (secondary N) is 1. The van der Waals surface area contributed by atoms with Crippen LogP contribution in [0.1, 0.15) is 13.3 Å². The number of carbonyl (C=O) groups is 1. The number of hydrogen-bond acceptors (Lipinski definition) is 4. The molecule has 8 heteroatoms. The molecular formula is C12H13BrClN5O. The minimum atomic E-state index is -0.00156. The van der Waals surface area contributed by atoms with Crippen molar-refractivity contribution in [2.24, 2.45) is 0 Å². The van der Waals surface area contributed by atoms with Gasteiger partial charge >= 0.3 is 0 Å². The molecule has 20 heavy (non-hydrogen) atoms. The fourth-order valence-electron chi connectivity index (χ4n) is 2.51. The SMILES string of the molecule is CC(=O)NC1CCN(c2cc(Cl)nn3c(Br)cnc23)C1. The van der Waals surface area contributed by atoms with Gasteiger partial charge in [0.15, 0.2) is 10.8 Å². The molecule has 1 saturated heterocycles. The van der Waals surface area contributed by atoms with Gasteiger partial charge in [0.2, 0.25) is 5.91 Å². The van der Waals surface area contributed by atoms with Gasteiger partial charge in [0.25, 0.3) is 0 Å². The number of anilines is 1. The highest BCUT2D eigenvalue weighted by Gasteiger charge is 2.25. The minimum absolute atomic E-state index is 0.00156. The highest BCUT2D eigenvalue weighted by Crippen LogP contribution is 2.28. The van der Waals surface area contributed by atoms with Crippen molar-refractivity contribution in [3.8, 4) is 0 Å². The first-order valence-corrected chi connectivity index (χ1v) is 7.43. The summed E-state index contributed by atoms with van der Waals surface area (Å²) in [6.07, 6.45) is 2.61. The maximum atomic E-state index is 11.1. The quantitative estimate of drug-likeness (QED) is 0.890. The highest BCUT2D eigenvalue weighted by atomic mass is 79.9. The number of hydrogen-bond donors (Lipinski definition) is 1. The average Bonchev–Trinajstić information content (AvgIpc) is 2.96. The summed E-state index contributed by atoms with van der Waals surface area (Å²) in [5, 5.41) is 7.57. The van der Waals surface area contributed by atoms with Gasteiger partial charge in [-0.1, -0.05) is 11.6 Å². The van der Waals surface area contributed by atoms with Crippen molar-refractivity contribution in [3.63, 3.8) is 0 Å². The Labute approximate surface area is 129 Å². The lowest BCUT2D eigenvalue weighted by Gasteiger charge is -2.19. The van der Waals surface area contributed by atoms with Gasteiger partial charge in [-0.25, -0.2) is 9.50 Å². The van der Waals surface area contributed by atoms with Crippen molar-refractivity contribution in [1.82, 2.24) is 19.9 Å². The van der Waals surface area contributed by atoms with Gasteiger partial charge in [-0.3, -0.25) is 4.79 Å². The van der Waals surface area contributed by atoms with Crippen molar-refractivity contribution < 1.29 is 4.79 Å². The fraction of sp³-hybridized carbons (Fsp3) is 0.417. The van der Waals surface area contributed by atoms with Crippen LogP contribution in [-0.2, 0) is 4.79 Å². The van der Waals surface area contributed by atoms with Crippen LogP contribution < -0.4 is 10.2 Å². The molecule has 0 aromatic carbocycles. The number of nitrogens with zero attached hydrogens (tertiary/aromatic N) is 4. The van der Waals surface area contributed by atoms with E-state index in [4.69, 9.17) is 11.6 Å². The first kappa shape index (κ1) is 13.6. The zero-order valence-corrected chi connectivity index (χ0v) is 13.1. The second-order valence-electron chi connectivity index (χ2n) is 4.80. The molecule has 1 aliphatic heterocycles. The largest absolute Gasteiger partial charge is 0.366 e. The Morgan fingerprint density at radius 1 is 1.60 bits per heavy atom. The lowest BCUT2D eigenvalue weighted by Crippen LogP contribution is -2.35. The van der Waals surface area contributed by atoms with Gasteiger partial charge in [0, 0.05) is 32.1 Å². The molecule has 3 rings (SSSR count). The van der Waals surface area contributed by atoms with Crippen LogP contribution in [0.4, 0.5) is 5.69 Å². The Morgan fingerprint density at radius 2 is 2.40 bits per heavy atom. The lowest BCUT2D eigenvalue weighted by atomic mass is 10.2. The van der Waals surface area contributed by atoms with Crippen molar-refractivity contribution in [3.05, 3.63) is 22.0 Å². The Bertz CT molecular complexity index is 673. The molecule has 1 atom stereocenters. The summed E-state index contributed by atoms with van der Waals surface area (Å²) < 4.78 is 2.43. The first-order valence-electron chi connectivity index (χ1n) is 6.26. The lowest BCUT2D eigenvalue weighted by molar-refractivity contribution is -0.119. The van der Waals surface area contributed by atoms with Crippen LogP contribution in [0.5, 0.6) is 0 Å². The van der Waals surface area contributed by atoms with Gasteiger partial charge in [0.1, 0.15) is 4.60 Å². The molecule has 0 bridgehead atoms. The van der Waals surface area contributed by atoms with Gasteiger partial charge in [-0.15, -0.1) is 0 Å². The third-order valence-electron chi connectivity index (χ3n) is 3.31. The van der Waals surface area contributed by atoms with E-state index in [0.717, 1.165) is 35.4 Å². The van der Waals surface area contributed by atoms with Crippen LogP contribution >= 0.6 is 27.5 Å². The summed E-state index contributed by atoms with van der Waals surface area (Å²) in [6, 6.07) is 1.98. The molecule has 2 aromatic rings. The van der Waals surface area contributed by atoms with Crippen LogP contribution in [0.15, 0.2) is 16.9 Å².